The molecule has 0 aromatic carbocycles. The molecule has 1 unspecified atom stereocenters. The molecule has 0 saturated carbocycles. The van der Waals surface area contributed by atoms with E-state index in [9.17, 15) is 9.90 Å². The standard InChI is InChI=1S/C12H27NO2Si/c1-8-9-12(10(14)15,16(5,6)7)13-11(2,3)4/h13H,8-9H2,1-7H3,(H,14,15). The molecule has 4 heteroatoms. The van der Waals surface area contributed by atoms with Crippen LogP contribution < -0.4 is 5.32 Å². The van der Waals surface area contributed by atoms with Gasteiger partial charge in [0.15, 0.2) is 0 Å². The van der Waals surface area contributed by atoms with Crippen LogP contribution in [0.2, 0.25) is 19.6 Å². The number of rotatable bonds is 5. The summed E-state index contributed by atoms with van der Waals surface area (Å²) in [5, 5.41) is 12.3. The number of hydrogen-bond donors (Lipinski definition) is 2. The predicted octanol–water partition coefficient (Wildman–Crippen LogP) is 2.88. The van der Waals surface area contributed by atoms with Crippen LogP contribution in [-0.2, 0) is 4.79 Å². The zero-order valence-corrected chi connectivity index (χ0v) is 12.8. The normalized spacial score (nSPS) is 16.9. The summed E-state index contributed by atoms with van der Waals surface area (Å²) in [4.78, 5) is 11.7. The van der Waals surface area contributed by atoms with Crippen LogP contribution in [0.1, 0.15) is 40.5 Å². The highest BCUT2D eigenvalue weighted by molar-refractivity contribution is 6.82. The van der Waals surface area contributed by atoms with Crippen LogP contribution >= 0.6 is 0 Å². The summed E-state index contributed by atoms with van der Waals surface area (Å²) < 4.78 is 0. The van der Waals surface area contributed by atoms with E-state index in [4.69, 9.17) is 0 Å². The first-order chi connectivity index (χ1) is 6.96. The number of hydrogen-bond acceptors (Lipinski definition) is 2. The minimum atomic E-state index is -1.84. The second-order valence-electron chi connectivity index (χ2n) is 6.59. The molecule has 0 heterocycles. The average molecular weight is 245 g/mol. The van der Waals surface area contributed by atoms with E-state index in [1.807, 2.05) is 27.7 Å². The molecule has 0 aromatic heterocycles. The lowest BCUT2D eigenvalue weighted by molar-refractivity contribution is -0.142. The molecule has 0 aliphatic carbocycles. The molecule has 1 atom stereocenters. The van der Waals surface area contributed by atoms with Crippen LogP contribution in [-0.4, -0.2) is 29.9 Å². The van der Waals surface area contributed by atoms with Crippen LogP contribution in [0.25, 0.3) is 0 Å². The van der Waals surface area contributed by atoms with E-state index in [-0.39, 0.29) is 5.54 Å². The van der Waals surface area contributed by atoms with Gasteiger partial charge in [-0.25, -0.2) is 0 Å². The highest BCUT2D eigenvalue weighted by Crippen LogP contribution is 2.29. The van der Waals surface area contributed by atoms with Gasteiger partial charge in [0.2, 0.25) is 0 Å². The third-order valence-corrected chi connectivity index (χ3v) is 6.01. The van der Waals surface area contributed by atoms with Crippen molar-refractivity contribution in [1.82, 2.24) is 5.32 Å². The molecule has 0 saturated heterocycles. The Balaban J connectivity index is 5.37. The van der Waals surface area contributed by atoms with E-state index in [0.717, 1.165) is 6.42 Å². The van der Waals surface area contributed by atoms with Crippen molar-refractivity contribution in [3.8, 4) is 0 Å². The van der Waals surface area contributed by atoms with Crippen molar-refractivity contribution in [2.45, 2.75) is 70.9 Å². The zero-order chi connectivity index (χ0) is 13.2. The van der Waals surface area contributed by atoms with Crippen LogP contribution in [0.3, 0.4) is 0 Å². The Kier molecular flexibility index (Phi) is 4.77. The van der Waals surface area contributed by atoms with Crippen LogP contribution in [0, 0.1) is 0 Å². The SMILES string of the molecule is CCCC(NC(C)(C)C)(C(=O)O)[Si](C)(C)C. The van der Waals surface area contributed by atoms with Crippen molar-refractivity contribution in [2.24, 2.45) is 0 Å². The van der Waals surface area contributed by atoms with Gasteiger partial charge in [0.25, 0.3) is 0 Å². The van der Waals surface area contributed by atoms with Gasteiger partial charge >= 0.3 is 5.97 Å². The summed E-state index contributed by atoms with van der Waals surface area (Å²) in [7, 11) is -1.84. The van der Waals surface area contributed by atoms with Crippen molar-refractivity contribution in [1.29, 1.82) is 0 Å². The number of aliphatic carboxylic acids is 1. The smallest absolute Gasteiger partial charge is 0.320 e. The minimum Gasteiger partial charge on any atom is -0.480 e. The quantitative estimate of drug-likeness (QED) is 0.732. The Morgan fingerprint density at radius 3 is 1.88 bits per heavy atom. The van der Waals surface area contributed by atoms with E-state index in [1.165, 1.54) is 0 Å². The van der Waals surface area contributed by atoms with Gasteiger partial charge in [-0.1, -0.05) is 33.0 Å². The van der Waals surface area contributed by atoms with Crippen molar-refractivity contribution >= 4 is 14.0 Å². The summed E-state index contributed by atoms with van der Waals surface area (Å²) >= 11 is 0. The molecule has 0 amide bonds. The summed E-state index contributed by atoms with van der Waals surface area (Å²) in [6, 6.07) is 0. The molecule has 3 nitrogen and oxygen atoms in total. The first-order valence-corrected chi connectivity index (χ1v) is 9.49. The second kappa shape index (κ2) is 4.88. The Hall–Kier alpha value is -0.353. The first kappa shape index (κ1) is 15.6. The Labute approximate surface area is 101 Å². The average Bonchev–Trinajstić information content (AvgIpc) is 1.98. The van der Waals surface area contributed by atoms with E-state index in [2.05, 4.69) is 25.0 Å². The van der Waals surface area contributed by atoms with Crippen LogP contribution in [0.5, 0.6) is 0 Å². The minimum absolute atomic E-state index is 0.173. The number of carboxylic acid groups (broad SMARTS) is 1. The topological polar surface area (TPSA) is 49.3 Å². The number of nitrogens with one attached hydrogen (secondary N) is 1. The van der Waals surface area contributed by atoms with E-state index >= 15 is 0 Å². The fourth-order valence-electron chi connectivity index (χ4n) is 2.12. The molecular weight excluding hydrogens is 218 g/mol. The second-order valence-corrected chi connectivity index (χ2v) is 11.9. The molecule has 0 fully saturated rings. The highest BCUT2D eigenvalue weighted by atomic mass is 28.3. The van der Waals surface area contributed by atoms with Gasteiger partial charge in [-0.3, -0.25) is 10.1 Å². The van der Waals surface area contributed by atoms with Gasteiger partial charge in [0, 0.05) is 5.54 Å². The van der Waals surface area contributed by atoms with Gasteiger partial charge in [-0.2, -0.15) is 0 Å². The molecule has 0 spiro atoms. The maximum Gasteiger partial charge on any atom is 0.320 e. The van der Waals surface area contributed by atoms with Crippen molar-refractivity contribution in [3.63, 3.8) is 0 Å². The molecule has 0 aliphatic heterocycles. The van der Waals surface area contributed by atoms with Gasteiger partial charge in [-0.15, -0.1) is 0 Å². The molecule has 0 rings (SSSR count). The maximum absolute atomic E-state index is 11.7. The monoisotopic (exact) mass is 245 g/mol. The van der Waals surface area contributed by atoms with Crippen molar-refractivity contribution in [2.75, 3.05) is 0 Å². The third kappa shape index (κ3) is 3.59. The summed E-state index contributed by atoms with van der Waals surface area (Å²) in [6.07, 6.45) is 1.59. The molecule has 0 radical (unpaired) electrons. The molecule has 0 aromatic rings. The molecule has 16 heavy (non-hydrogen) atoms. The Bertz CT molecular complexity index is 253. The van der Waals surface area contributed by atoms with Gasteiger partial charge in [0.05, 0.1) is 8.07 Å². The lowest BCUT2D eigenvalue weighted by atomic mass is 10.0. The van der Waals surface area contributed by atoms with E-state index in [0.29, 0.717) is 6.42 Å². The molecule has 0 bridgehead atoms. The predicted molar refractivity (Wildman–Crippen MR) is 71.5 cm³/mol. The summed E-state index contributed by atoms with van der Waals surface area (Å²) in [5.41, 5.74) is -0.173. The summed E-state index contributed by atoms with van der Waals surface area (Å²) in [5.74, 6) is -0.691. The fourth-order valence-corrected chi connectivity index (χ4v) is 4.51. The molecule has 96 valence electrons. The Morgan fingerprint density at radius 1 is 1.25 bits per heavy atom. The third-order valence-electron chi connectivity index (χ3n) is 2.86. The zero-order valence-electron chi connectivity index (χ0n) is 11.8. The van der Waals surface area contributed by atoms with Crippen molar-refractivity contribution in [3.05, 3.63) is 0 Å². The fraction of sp³-hybridized carbons (Fsp3) is 0.917. The molecule has 2 N–H and O–H groups in total. The van der Waals surface area contributed by atoms with Gasteiger partial charge < -0.3 is 5.11 Å². The maximum atomic E-state index is 11.7. The first-order valence-electron chi connectivity index (χ1n) is 5.99. The largest absolute Gasteiger partial charge is 0.480 e. The number of carboxylic acids is 1. The van der Waals surface area contributed by atoms with Gasteiger partial charge in [-0.05, 0) is 27.2 Å². The molecular formula is C12H27NO2Si. The summed E-state index contributed by atoms with van der Waals surface area (Å²) in [6.45, 7) is 14.5. The molecule has 0 aliphatic rings. The lowest BCUT2D eigenvalue weighted by Crippen LogP contribution is -2.70. The van der Waals surface area contributed by atoms with Crippen LogP contribution in [0.15, 0.2) is 0 Å². The van der Waals surface area contributed by atoms with E-state index < -0.39 is 19.2 Å². The number of carbonyl (C=O) groups is 1. The van der Waals surface area contributed by atoms with Crippen molar-refractivity contribution < 1.29 is 9.90 Å². The lowest BCUT2D eigenvalue weighted by Gasteiger charge is -2.45. The Morgan fingerprint density at radius 2 is 1.69 bits per heavy atom. The van der Waals surface area contributed by atoms with Gasteiger partial charge in [0.1, 0.15) is 5.16 Å². The highest BCUT2D eigenvalue weighted by Gasteiger charge is 2.50. The van der Waals surface area contributed by atoms with E-state index in [1.54, 1.807) is 0 Å². The van der Waals surface area contributed by atoms with Crippen LogP contribution in [0.4, 0.5) is 0 Å².